The maximum atomic E-state index is 3.47. The molecular formula is C15H24N2. The fourth-order valence-electron chi connectivity index (χ4n) is 2.61. The standard InChI is InChI=1S/C15H24N2/c1-4-16-12(2)5-6-13-7-8-15-14(11-13)9-10-17(15)3/h7-8,11-12,16H,4-6,9-10H2,1-3H3. The van der Waals surface area contributed by atoms with Gasteiger partial charge in [0.15, 0.2) is 0 Å². The molecule has 2 nitrogen and oxygen atoms in total. The molecule has 2 heteroatoms. The number of hydrogen-bond acceptors (Lipinski definition) is 2. The van der Waals surface area contributed by atoms with E-state index in [1.807, 2.05) is 0 Å². The van der Waals surface area contributed by atoms with Crippen LogP contribution in [0.5, 0.6) is 0 Å². The Kier molecular flexibility index (Phi) is 4.06. The first-order valence-electron chi connectivity index (χ1n) is 6.77. The molecule has 0 saturated heterocycles. The topological polar surface area (TPSA) is 15.3 Å². The van der Waals surface area contributed by atoms with E-state index in [4.69, 9.17) is 0 Å². The van der Waals surface area contributed by atoms with Crippen molar-refractivity contribution >= 4 is 5.69 Å². The molecule has 0 fully saturated rings. The quantitative estimate of drug-likeness (QED) is 0.839. The third kappa shape index (κ3) is 3.01. The summed E-state index contributed by atoms with van der Waals surface area (Å²) in [5, 5.41) is 3.47. The van der Waals surface area contributed by atoms with Crippen molar-refractivity contribution in [3.05, 3.63) is 29.3 Å². The summed E-state index contributed by atoms with van der Waals surface area (Å²) in [6.45, 7) is 6.68. The fraction of sp³-hybridized carbons (Fsp3) is 0.600. The first-order valence-corrected chi connectivity index (χ1v) is 6.77. The second-order valence-electron chi connectivity index (χ2n) is 5.13. The second-order valence-corrected chi connectivity index (χ2v) is 5.13. The average Bonchev–Trinajstić information content (AvgIpc) is 2.69. The minimum atomic E-state index is 0.621. The Morgan fingerprint density at radius 1 is 1.41 bits per heavy atom. The van der Waals surface area contributed by atoms with Gasteiger partial charge in [-0.15, -0.1) is 0 Å². The molecule has 1 heterocycles. The predicted molar refractivity (Wildman–Crippen MR) is 74.9 cm³/mol. The molecule has 1 N–H and O–H groups in total. The van der Waals surface area contributed by atoms with Crippen LogP contribution in [0.1, 0.15) is 31.4 Å². The Balaban J connectivity index is 1.94. The highest BCUT2D eigenvalue weighted by Crippen LogP contribution is 2.27. The maximum Gasteiger partial charge on any atom is 0.0397 e. The van der Waals surface area contributed by atoms with Crippen molar-refractivity contribution < 1.29 is 0 Å². The van der Waals surface area contributed by atoms with Crippen LogP contribution in [0.15, 0.2) is 18.2 Å². The van der Waals surface area contributed by atoms with Gasteiger partial charge in [0.1, 0.15) is 0 Å². The lowest BCUT2D eigenvalue weighted by Gasteiger charge is -2.14. The molecule has 0 spiro atoms. The molecule has 0 bridgehead atoms. The molecule has 1 unspecified atom stereocenters. The van der Waals surface area contributed by atoms with Crippen LogP contribution in [0.25, 0.3) is 0 Å². The Hall–Kier alpha value is -1.02. The van der Waals surface area contributed by atoms with Gasteiger partial charge in [0.25, 0.3) is 0 Å². The molecule has 1 aliphatic heterocycles. The van der Waals surface area contributed by atoms with Gasteiger partial charge < -0.3 is 10.2 Å². The summed E-state index contributed by atoms with van der Waals surface area (Å²) < 4.78 is 0. The molecule has 94 valence electrons. The van der Waals surface area contributed by atoms with Crippen molar-refractivity contribution in [2.75, 3.05) is 25.0 Å². The second kappa shape index (κ2) is 5.54. The highest BCUT2D eigenvalue weighted by atomic mass is 15.1. The molecule has 1 aromatic carbocycles. The van der Waals surface area contributed by atoms with Crippen molar-refractivity contribution in [2.45, 2.75) is 39.2 Å². The fourth-order valence-corrected chi connectivity index (χ4v) is 2.61. The summed E-state index contributed by atoms with van der Waals surface area (Å²) in [6, 6.07) is 7.60. The Morgan fingerprint density at radius 2 is 2.24 bits per heavy atom. The number of hydrogen-bond donors (Lipinski definition) is 1. The molecule has 0 radical (unpaired) electrons. The van der Waals surface area contributed by atoms with Crippen LogP contribution >= 0.6 is 0 Å². The van der Waals surface area contributed by atoms with Gasteiger partial charge in [-0.2, -0.15) is 0 Å². The smallest absolute Gasteiger partial charge is 0.0397 e. The molecule has 1 aliphatic rings. The third-order valence-electron chi connectivity index (χ3n) is 3.69. The van der Waals surface area contributed by atoms with E-state index >= 15 is 0 Å². The Bertz CT molecular complexity index is 373. The molecule has 0 aliphatic carbocycles. The Morgan fingerprint density at radius 3 is 3.00 bits per heavy atom. The third-order valence-corrected chi connectivity index (χ3v) is 3.69. The van der Waals surface area contributed by atoms with Gasteiger partial charge in [-0.3, -0.25) is 0 Å². The number of anilines is 1. The van der Waals surface area contributed by atoms with Gasteiger partial charge in [-0.05, 0) is 49.9 Å². The number of rotatable bonds is 5. The van der Waals surface area contributed by atoms with Gasteiger partial charge in [0, 0.05) is 25.3 Å². The highest BCUT2D eigenvalue weighted by Gasteiger charge is 2.15. The summed E-state index contributed by atoms with van der Waals surface area (Å²) >= 11 is 0. The highest BCUT2D eigenvalue weighted by molar-refractivity contribution is 5.58. The number of aryl methyl sites for hydroxylation is 1. The van der Waals surface area contributed by atoms with Crippen LogP contribution in [-0.4, -0.2) is 26.2 Å². The zero-order valence-corrected chi connectivity index (χ0v) is 11.3. The number of fused-ring (bicyclic) bond motifs is 1. The normalized spacial score (nSPS) is 16.1. The molecule has 1 atom stereocenters. The SMILES string of the molecule is CCNC(C)CCc1ccc2c(c1)CCN2C. The van der Waals surface area contributed by atoms with Crippen molar-refractivity contribution in [1.29, 1.82) is 0 Å². The van der Waals surface area contributed by atoms with Crippen LogP contribution < -0.4 is 10.2 Å². The van der Waals surface area contributed by atoms with E-state index in [-0.39, 0.29) is 0 Å². The van der Waals surface area contributed by atoms with E-state index in [9.17, 15) is 0 Å². The van der Waals surface area contributed by atoms with E-state index in [1.54, 1.807) is 0 Å². The summed E-state index contributed by atoms with van der Waals surface area (Å²) in [4.78, 5) is 2.35. The van der Waals surface area contributed by atoms with Gasteiger partial charge in [-0.1, -0.05) is 19.1 Å². The van der Waals surface area contributed by atoms with Gasteiger partial charge in [0.2, 0.25) is 0 Å². The minimum Gasteiger partial charge on any atom is -0.374 e. The summed E-state index contributed by atoms with van der Waals surface area (Å²) in [5.74, 6) is 0. The van der Waals surface area contributed by atoms with E-state index in [0.717, 1.165) is 6.54 Å². The monoisotopic (exact) mass is 232 g/mol. The first kappa shape index (κ1) is 12.4. The van der Waals surface area contributed by atoms with Crippen molar-refractivity contribution in [3.63, 3.8) is 0 Å². The molecule has 0 amide bonds. The van der Waals surface area contributed by atoms with E-state index < -0.39 is 0 Å². The molecule has 2 rings (SSSR count). The van der Waals surface area contributed by atoms with Gasteiger partial charge in [-0.25, -0.2) is 0 Å². The lowest BCUT2D eigenvalue weighted by atomic mass is 10.0. The van der Waals surface area contributed by atoms with Crippen LogP contribution in [0.2, 0.25) is 0 Å². The molecular weight excluding hydrogens is 208 g/mol. The van der Waals surface area contributed by atoms with Crippen LogP contribution in [0.4, 0.5) is 5.69 Å². The van der Waals surface area contributed by atoms with Crippen LogP contribution in [-0.2, 0) is 12.8 Å². The predicted octanol–water partition coefficient (Wildman–Crippen LogP) is 2.61. The van der Waals surface area contributed by atoms with Crippen molar-refractivity contribution in [3.8, 4) is 0 Å². The van der Waals surface area contributed by atoms with E-state index in [2.05, 4.69) is 49.3 Å². The summed E-state index contributed by atoms with van der Waals surface area (Å²) in [6.07, 6.45) is 3.62. The molecule has 0 saturated carbocycles. The summed E-state index contributed by atoms with van der Waals surface area (Å²) in [5.41, 5.74) is 4.44. The van der Waals surface area contributed by atoms with Gasteiger partial charge >= 0.3 is 0 Å². The van der Waals surface area contributed by atoms with Crippen molar-refractivity contribution in [1.82, 2.24) is 5.32 Å². The van der Waals surface area contributed by atoms with Gasteiger partial charge in [0.05, 0.1) is 0 Å². The lowest BCUT2D eigenvalue weighted by Crippen LogP contribution is -2.25. The first-order chi connectivity index (χ1) is 8.20. The maximum absolute atomic E-state index is 3.47. The van der Waals surface area contributed by atoms with Crippen molar-refractivity contribution in [2.24, 2.45) is 0 Å². The average molecular weight is 232 g/mol. The Labute approximate surface area is 105 Å². The lowest BCUT2D eigenvalue weighted by molar-refractivity contribution is 0.530. The van der Waals surface area contributed by atoms with Crippen LogP contribution in [0.3, 0.4) is 0 Å². The number of nitrogens with one attached hydrogen (secondary N) is 1. The van der Waals surface area contributed by atoms with E-state index in [0.29, 0.717) is 6.04 Å². The minimum absolute atomic E-state index is 0.621. The number of nitrogens with zero attached hydrogens (tertiary/aromatic N) is 1. The number of likely N-dealkylation sites (N-methyl/N-ethyl adjacent to an activating group) is 1. The largest absolute Gasteiger partial charge is 0.374 e. The van der Waals surface area contributed by atoms with Crippen LogP contribution in [0, 0.1) is 0 Å². The molecule has 17 heavy (non-hydrogen) atoms. The molecule has 0 aromatic heterocycles. The number of benzene rings is 1. The zero-order chi connectivity index (χ0) is 12.3. The van der Waals surface area contributed by atoms with E-state index in [1.165, 1.54) is 42.6 Å². The molecule has 1 aromatic rings. The zero-order valence-electron chi connectivity index (χ0n) is 11.3. The summed E-state index contributed by atoms with van der Waals surface area (Å²) in [7, 11) is 2.18.